The standard InChI is InChI=1S/C16H22N4OS/c1-12-7-18-20(9-12)10-13(2)17-8-16(21)19-5-3-15-14(11-19)4-6-22-15/h4,6-7,9,13,17H,3,5,8,10-11H2,1-2H3/t13-/m0/s1. The smallest absolute Gasteiger partial charge is 0.236 e. The number of aromatic nitrogens is 2. The number of rotatable bonds is 5. The van der Waals surface area contributed by atoms with Gasteiger partial charge in [0.2, 0.25) is 5.91 Å². The highest BCUT2D eigenvalue weighted by Crippen LogP contribution is 2.23. The molecule has 22 heavy (non-hydrogen) atoms. The Bertz CT molecular complexity index is 648. The van der Waals surface area contributed by atoms with Gasteiger partial charge in [0.15, 0.2) is 0 Å². The van der Waals surface area contributed by atoms with Gasteiger partial charge in [0.05, 0.1) is 19.3 Å². The van der Waals surface area contributed by atoms with E-state index in [1.54, 1.807) is 11.3 Å². The average molecular weight is 318 g/mol. The van der Waals surface area contributed by atoms with Crippen molar-refractivity contribution < 1.29 is 4.79 Å². The predicted molar refractivity (Wildman–Crippen MR) is 87.9 cm³/mol. The summed E-state index contributed by atoms with van der Waals surface area (Å²) in [5, 5.41) is 9.70. The topological polar surface area (TPSA) is 50.2 Å². The molecule has 2 aromatic rings. The van der Waals surface area contributed by atoms with Gasteiger partial charge in [0.1, 0.15) is 0 Å². The number of hydrogen-bond acceptors (Lipinski definition) is 4. The second-order valence-electron chi connectivity index (χ2n) is 5.96. The molecule has 1 amide bonds. The first-order valence-electron chi connectivity index (χ1n) is 7.67. The molecule has 5 nitrogen and oxygen atoms in total. The first-order valence-corrected chi connectivity index (χ1v) is 8.55. The summed E-state index contributed by atoms with van der Waals surface area (Å²) in [6.07, 6.45) is 4.85. The Balaban J connectivity index is 1.46. The van der Waals surface area contributed by atoms with Crippen LogP contribution in [0.25, 0.3) is 0 Å². The molecule has 0 aliphatic carbocycles. The summed E-state index contributed by atoms with van der Waals surface area (Å²) in [5.41, 5.74) is 2.47. The van der Waals surface area contributed by atoms with Crippen LogP contribution in [0.2, 0.25) is 0 Å². The molecule has 0 radical (unpaired) electrons. The summed E-state index contributed by atoms with van der Waals surface area (Å²) in [5.74, 6) is 0.181. The number of nitrogens with one attached hydrogen (secondary N) is 1. The van der Waals surface area contributed by atoms with Gasteiger partial charge >= 0.3 is 0 Å². The van der Waals surface area contributed by atoms with Crippen molar-refractivity contribution in [1.29, 1.82) is 0 Å². The lowest BCUT2D eigenvalue weighted by atomic mass is 10.1. The van der Waals surface area contributed by atoms with E-state index in [9.17, 15) is 4.79 Å². The summed E-state index contributed by atoms with van der Waals surface area (Å²) in [7, 11) is 0. The summed E-state index contributed by atoms with van der Waals surface area (Å²) >= 11 is 1.80. The molecule has 1 aliphatic heterocycles. The van der Waals surface area contributed by atoms with Crippen LogP contribution in [-0.4, -0.2) is 39.7 Å². The Morgan fingerprint density at radius 2 is 2.41 bits per heavy atom. The van der Waals surface area contributed by atoms with E-state index in [4.69, 9.17) is 0 Å². The van der Waals surface area contributed by atoms with Gasteiger partial charge in [0, 0.05) is 30.2 Å². The van der Waals surface area contributed by atoms with E-state index in [1.807, 2.05) is 28.9 Å². The molecule has 0 saturated heterocycles. The first kappa shape index (κ1) is 15.2. The van der Waals surface area contributed by atoms with Crippen molar-refractivity contribution in [3.8, 4) is 0 Å². The summed E-state index contributed by atoms with van der Waals surface area (Å²) in [4.78, 5) is 15.7. The van der Waals surface area contributed by atoms with Crippen LogP contribution in [0.5, 0.6) is 0 Å². The maximum atomic E-state index is 12.3. The van der Waals surface area contributed by atoms with E-state index in [0.717, 1.165) is 31.6 Å². The minimum absolute atomic E-state index is 0.181. The fraction of sp³-hybridized carbons (Fsp3) is 0.500. The Hall–Kier alpha value is -1.66. The maximum Gasteiger partial charge on any atom is 0.236 e. The van der Waals surface area contributed by atoms with Gasteiger partial charge in [-0.3, -0.25) is 9.48 Å². The normalized spacial score (nSPS) is 15.6. The molecule has 1 N–H and O–H groups in total. The Kier molecular flexibility index (Phi) is 4.59. The number of amides is 1. The van der Waals surface area contributed by atoms with Crippen molar-refractivity contribution in [3.05, 3.63) is 39.8 Å². The predicted octanol–water partition coefficient (Wildman–Crippen LogP) is 1.82. The van der Waals surface area contributed by atoms with Crippen molar-refractivity contribution in [1.82, 2.24) is 20.0 Å². The zero-order valence-corrected chi connectivity index (χ0v) is 13.9. The average Bonchev–Trinajstić information content (AvgIpc) is 3.12. The summed E-state index contributed by atoms with van der Waals surface area (Å²) < 4.78 is 1.91. The van der Waals surface area contributed by atoms with Crippen LogP contribution in [0.15, 0.2) is 23.8 Å². The molecule has 1 aliphatic rings. The molecule has 0 bridgehead atoms. The number of carbonyl (C=O) groups excluding carboxylic acids is 1. The van der Waals surface area contributed by atoms with Gasteiger partial charge in [-0.15, -0.1) is 11.3 Å². The van der Waals surface area contributed by atoms with Crippen LogP contribution >= 0.6 is 11.3 Å². The van der Waals surface area contributed by atoms with Crippen molar-refractivity contribution in [3.63, 3.8) is 0 Å². The second-order valence-corrected chi connectivity index (χ2v) is 6.96. The van der Waals surface area contributed by atoms with Gasteiger partial charge in [-0.2, -0.15) is 5.10 Å². The monoisotopic (exact) mass is 318 g/mol. The number of thiophene rings is 1. The van der Waals surface area contributed by atoms with Crippen molar-refractivity contribution in [2.24, 2.45) is 0 Å². The summed E-state index contributed by atoms with van der Waals surface area (Å²) in [6.45, 7) is 6.86. The lowest BCUT2D eigenvalue weighted by Crippen LogP contribution is -2.43. The van der Waals surface area contributed by atoms with E-state index in [2.05, 4.69) is 28.8 Å². The van der Waals surface area contributed by atoms with Crippen LogP contribution < -0.4 is 5.32 Å². The molecular formula is C16H22N4OS. The molecular weight excluding hydrogens is 296 g/mol. The Morgan fingerprint density at radius 3 is 3.18 bits per heavy atom. The highest BCUT2D eigenvalue weighted by molar-refractivity contribution is 7.10. The van der Waals surface area contributed by atoms with Crippen LogP contribution in [0, 0.1) is 6.92 Å². The Morgan fingerprint density at radius 1 is 1.55 bits per heavy atom. The number of carbonyl (C=O) groups is 1. The third-order valence-corrected chi connectivity index (χ3v) is 5.01. The number of nitrogens with zero attached hydrogens (tertiary/aromatic N) is 3. The van der Waals surface area contributed by atoms with Crippen molar-refractivity contribution in [2.45, 2.75) is 39.4 Å². The highest BCUT2D eigenvalue weighted by atomic mass is 32.1. The van der Waals surface area contributed by atoms with E-state index < -0.39 is 0 Å². The lowest BCUT2D eigenvalue weighted by Gasteiger charge is -2.27. The van der Waals surface area contributed by atoms with Gasteiger partial charge in [-0.25, -0.2) is 0 Å². The zero-order valence-electron chi connectivity index (χ0n) is 13.1. The molecule has 118 valence electrons. The largest absolute Gasteiger partial charge is 0.337 e. The van der Waals surface area contributed by atoms with E-state index >= 15 is 0 Å². The second kappa shape index (κ2) is 6.62. The van der Waals surface area contributed by atoms with Crippen LogP contribution in [0.1, 0.15) is 22.9 Å². The van der Waals surface area contributed by atoms with E-state index in [-0.39, 0.29) is 11.9 Å². The molecule has 0 spiro atoms. The van der Waals surface area contributed by atoms with Crippen LogP contribution in [-0.2, 0) is 24.3 Å². The van der Waals surface area contributed by atoms with Gasteiger partial charge in [-0.1, -0.05) is 0 Å². The lowest BCUT2D eigenvalue weighted by molar-refractivity contribution is -0.131. The van der Waals surface area contributed by atoms with Crippen molar-refractivity contribution >= 4 is 17.2 Å². The molecule has 0 saturated carbocycles. The summed E-state index contributed by atoms with van der Waals surface area (Å²) in [6, 6.07) is 2.35. The van der Waals surface area contributed by atoms with Gasteiger partial charge in [-0.05, 0) is 42.8 Å². The SMILES string of the molecule is Cc1cnn(C[C@H](C)NCC(=O)N2CCc3sccc3C2)c1. The number of fused-ring (bicyclic) bond motifs is 1. The molecule has 0 unspecified atom stereocenters. The van der Waals surface area contributed by atoms with Gasteiger partial charge < -0.3 is 10.2 Å². The third kappa shape index (κ3) is 3.56. The molecule has 6 heteroatoms. The number of hydrogen-bond donors (Lipinski definition) is 1. The molecule has 2 aromatic heterocycles. The highest BCUT2D eigenvalue weighted by Gasteiger charge is 2.21. The van der Waals surface area contributed by atoms with E-state index in [0.29, 0.717) is 6.54 Å². The molecule has 3 heterocycles. The number of aryl methyl sites for hydroxylation is 1. The maximum absolute atomic E-state index is 12.3. The van der Waals surface area contributed by atoms with E-state index in [1.165, 1.54) is 10.4 Å². The van der Waals surface area contributed by atoms with Crippen molar-refractivity contribution in [2.75, 3.05) is 13.1 Å². The fourth-order valence-corrected chi connectivity index (χ4v) is 3.64. The fourth-order valence-electron chi connectivity index (χ4n) is 2.75. The third-order valence-electron chi connectivity index (χ3n) is 3.99. The quantitative estimate of drug-likeness (QED) is 0.915. The minimum Gasteiger partial charge on any atom is -0.337 e. The molecule has 0 fully saturated rings. The van der Waals surface area contributed by atoms with Crippen LogP contribution in [0.4, 0.5) is 0 Å². The van der Waals surface area contributed by atoms with Gasteiger partial charge in [0.25, 0.3) is 0 Å². The minimum atomic E-state index is 0.181. The zero-order chi connectivity index (χ0) is 15.5. The molecule has 0 aromatic carbocycles. The Labute approximate surface area is 134 Å². The molecule has 1 atom stereocenters. The molecule has 3 rings (SSSR count). The van der Waals surface area contributed by atoms with Crippen LogP contribution in [0.3, 0.4) is 0 Å². The first-order chi connectivity index (χ1) is 10.6.